The first kappa shape index (κ1) is 27.2. The number of amidine groups is 1. The van der Waals surface area contributed by atoms with Crippen molar-refractivity contribution in [2.75, 3.05) is 38.6 Å². The van der Waals surface area contributed by atoms with Crippen molar-refractivity contribution in [2.24, 2.45) is 4.40 Å². The third-order valence-corrected chi connectivity index (χ3v) is 9.77. The van der Waals surface area contributed by atoms with Crippen LogP contribution in [0.4, 0.5) is 11.4 Å². The molecule has 1 amide bonds. The van der Waals surface area contributed by atoms with Crippen LogP contribution in [0.2, 0.25) is 0 Å². The highest BCUT2D eigenvalue weighted by Crippen LogP contribution is 2.31. The van der Waals surface area contributed by atoms with Gasteiger partial charge in [-0.3, -0.25) is 14.9 Å². The molecular weight excluding hydrogens is 562 g/mol. The number of piperazine rings is 1. The summed E-state index contributed by atoms with van der Waals surface area (Å²) in [6, 6.07) is 16.3. The number of hydrogen-bond acceptors (Lipinski definition) is 9. The van der Waals surface area contributed by atoms with Gasteiger partial charge in [-0.15, -0.1) is 4.40 Å². The summed E-state index contributed by atoms with van der Waals surface area (Å²) in [6.45, 7) is 0.284. The van der Waals surface area contributed by atoms with Crippen molar-refractivity contribution >= 4 is 43.2 Å². The fourth-order valence-corrected chi connectivity index (χ4v) is 7.08. The number of ether oxygens (including phenoxy) is 1. The molecule has 0 aromatic heterocycles. The van der Waals surface area contributed by atoms with Gasteiger partial charge in [-0.1, -0.05) is 12.1 Å². The van der Waals surface area contributed by atoms with Gasteiger partial charge in [0.15, 0.2) is 11.6 Å². The van der Waals surface area contributed by atoms with E-state index in [1.54, 1.807) is 42.5 Å². The molecular formula is C25H23N5O8S2. The van der Waals surface area contributed by atoms with Gasteiger partial charge in [0.1, 0.15) is 4.90 Å². The standard InChI is InChI=1S/C25H23N5O8S2/c1-38-22-11-10-19(16-21(22)30(32)33)40(36,37)29-14-12-28(13-15-29)25(31)17-6-8-18(9-7-17)26-24-20-4-2-3-5-23(20)39(34,35)27-24/h2-11,16H,12-15H2,1H3,(H,26,27). The third-order valence-electron chi connectivity index (χ3n) is 6.54. The molecule has 15 heteroatoms. The van der Waals surface area contributed by atoms with E-state index < -0.39 is 30.7 Å². The molecule has 2 aliphatic rings. The molecule has 13 nitrogen and oxygen atoms in total. The molecule has 2 aliphatic heterocycles. The first-order valence-corrected chi connectivity index (χ1v) is 14.8. The van der Waals surface area contributed by atoms with E-state index in [-0.39, 0.29) is 53.5 Å². The highest BCUT2D eigenvalue weighted by atomic mass is 32.2. The maximum atomic E-state index is 13.1. The lowest BCUT2D eigenvalue weighted by molar-refractivity contribution is -0.386. The third kappa shape index (κ3) is 5.01. The molecule has 1 fully saturated rings. The maximum absolute atomic E-state index is 13.1. The zero-order chi connectivity index (χ0) is 28.7. The molecule has 0 aliphatic carbocycles. The van der Waals surface area contributed by atoms with Gasteiger partial charge < -0.3 is 15.0 Å². The lowest BCUT2D eigenvalue weighted by Crippen LogP contribution is -2.50. The van der Waals surface area contributed by atoms with E-state index >= 15 is 0 Å². The summed E-state index contributed by atoms with van der Waals surface area (Å²) in [6.07, 6.45) is 0. The summed E-state index contributed by atoms with van der Waals surface area (Å²) in [7, 11) is -6.54. The Labute approximate surface area is 230 Å². The number of carbonyl (C=O) groups is 1. The first-order chi connectivity index (χ1) is 19.0. The molecule has 0 unspecified atom stereocenters. The Hall–Kier alpha value is -4.34. The second-order valence-electron chi connectivity index (χ2n) is 8.90. The number of benzene rings is 3. The van der Waals surface area contributed by atoms with Gasteiger partial charge in [0.05, 0.1) is 16.9 Å². The molecule has 0 radical (unpaired) electrons. The normalized spacial score (nSPS) is 16.6. The number of nitro benzene ring substituents is 1. The number of fused-ring (bicyclic) bond motifs is 1. The van der Waals surface area contributed by atoms with Gasteiger partial charge in [0.25, 0.3) is 15.9 Å². The topological polar surface area (TPSA) is 169 Å². The highest BCUT2D eigenvalue weighted by Gasteiger charge is 2.32. The number of hydrogen-bond donors (Lipinski definition) is 1. The molecule has 3 aromatic carbocycles. The Balaban J connectivity index is 1.24. The molecule has 40 heavy (non-hydrogen) atoms. The average Bonchev–Trinajstić information content (AvgIpc) is 3.22. The van der Waals surface area contributed by atoms with Crippen LogP contribution in [0.25, 0.3) is 0 Å². The summed E-state index contributed by atoms with van der Waals surface area (Å²) >= 11 is 0. The molecule has 5 rings (SSSR count). The minimum Gasteiger partial charge on any atom is -0.490 e. The van der Waals surface area contributed by atoms with E-state index in [1.807, 2.05) is 0 Å². The van der Waals surface area contributed by atoms with E-state index in [0.717, 1.165) is 6.07 Å². The summed E-state index contributed by atoms with van der Waals surface area (Å²) in [5.74, 6) is -0.157. The Morgan fingerprint density at radius 1 is 1.02 bits per heavy atom. The van der Waals surface area contributed by atoms with Crippen LogP contribution in [0.3, 0.4) is 0 Å². The summed E-state index contributed by atoms with van der Waals surface area (Å²) in [5, 5.41) is 14.3. The molecule has 1 N–H and O–H groups in total. The Morgan fingerprint density at radius 2 is 1.70 bits per heavy atom. The number of carbonyl (C=O) groups excluding carboxylic acids is 1. The van der Waals surface area contributed by atoms with Crippen LogP contribution in [-0.4, -0.2) is 76.0 Å². The van der Waals surface area contributed by atoms with Crippen LogP contribution in [0.15, 0.2) is 80.9 Å². The number of methoxy groups -OCH3 is 1. The maximum Gasteiger partial charge on any atom is 0.312 e. The Kier molecular flexibility index (Phi) is 7.03. The predicted molar refractivity (Wildman–Crippen MR) is 145 cm³/mol. The van der Waals surface area contributed by atoms with Gasteiger partial charge in [-0.2, -0.15) is 12.7 Å². The molecule has 2 heterocycles. The van der Waals surface area contributed by atoms with Crippen molar-refractivity contribution in [3.8, 4) is 5.75 Å². The summed E-state index contributed by atoms with van der Waals surface area (Å²) in [5.41, 5.74) is 0.904. The largest absolute Gasteiger partial charge is 0.490 e. The van der Waals surface area contributed by atoms with Crippen molar-refractivity contribution in [1.29, 1.82) is 0 Å². The second-order valence-corrected chi connectivity index (χ2v) is 12.4. The smallest absolute Gasteiger partial charge is 0.312 e. The number of sulfonamides is 2. The molecule has 0 spiro atoms. The number of nitrogens with one attached hydrogen (secondary N) is 1. The highest BCUT2D eigenvalue weighted by molar-refractivity contribution is 7.90. The quantitative estimate of drug-likeness (QED) is 0.337. The van der Waals surface area contributed by atoms with Gasteiger partial charge in [-0.05, 0) is 48.5 Å². The van der Waals surface area contributed by atoms with Crippen molar-refractivity contribution in [3.05, 3.63) is 88.0 Å². The van der Waals surface area contributed by atoms with Gasteiger partial charge in [0, 0.05) is 49.1 Å². The number of rotatable bonds is 6. The van der Waals surface area contributed by atoms with E-state index in [4.69, 9.17) is 4.74 Å². The number of anilines is 1. The fourth-order valence-electron chi connectivity index (χ4n) is 4.46. The van der Waals surface area contributed by atoms with Gasteiger partial charge in [-0.25, -0.2) is 8.42 Å². The van der Waals surface area contributed by atoms with Gasteiger partial charge >= 0.3 is 5.69 Å². The Bertz CT molecular complexity index is 1750. The van der Waals surface area contributed by atoms with Crippen molar-refractivity contribution in [1.82, 2.24) is 9.21 Å². The number of amides is 1. The van der Waals surface area contributed by atoms with E-state index in [1.165, 1.54) is 34.5 Å². The van der Waals surface area contributed by atoms with Crippen LogP contribution < -0.4 is 10.1 Å². The lowest BCUT2D eigenvalue weighted by atomic mass is 10.1. The van der Waals surface area contributed by atoms with Gasteiger partial charge in [0.2, 0.25) is 10.0 Å². The molecule has 208 valence electrons. The summed E-state index contributed by atoms with van der Waals surface area (Å²) < 4.78 is 60.6. The van der Waals surface area contributed by atoms with Crippen LogP contribution >= 0.6 is 0 Å². The molecule has 3 aromatic rings. The zero-order valence-electron chi connectivity index (χ0n) is 21.1. The van der Waals surface area contributed by atoms with Crippen LogP contribution in [0.1, 0.15) is 15.9 Å². The molecule has 0 bridgehead atoms. The Morgan fingerprint density at radius 3 is 2.35 bits per heavy atom. The van der Waals surface area contributed by atoms with E-state index in [9.17, 15) is 31.7 Å². The molecule has 0 atom stereocenters. The second kappa shape index (κ2) is 10.3. The first-order valence-electron chi connectivity index (χ1n) is 11.9. The molecule has 1 saturated heterocycles. The summed E-state index contributed by atoms with van der Waals surface area (Å²) in [4.78, 5) is 25.1. The minimum atomic E-state index is -4.03. The SMILES string of the molecule is COc1ccc(S(=O)(=O)N2CCN(C(=O)c3ccc(NC4=NS(=O)(=O)c5ccccc54)cc3)CC2)cc1[N+](=O)[O-]. The van der Waals surface area contributed by atoms with Crippen molar-refractivity contribution in [2.45, 2.75) is 9.79 Å². The van der Waals surface area contributed by atoms with Crippen LogP contribution in [-0.2, 0) is 20.0 Å². The van der Waals surface area contributed by atoms with Crippen molar-refractivity contribution in [3.63, 3.8) is 0 Å². The van der Waals surface area contributed by atoms with Crippen LogP contribution in [0.5, 0.6) is 5.75 Å². The van der Waals surface area contributed by atoms with Crippen LogP contribution in [0, 0.1) is 10.1 Å². The van der Waals surface area contributed by atoms with E-state index in [2.05, 4.69) is 9.71 Å². The number of nitro groups is 1. The number of nitrogens with zero attached hydrogens (tertiary/aromatic N) is 4. The zero-order valence-corrected chi connectivity index (χ0v) is 22.7. The van der Waals surface area contributed by atoms with Crippen molar-refractivity contribution < 1.29 is 31.3 Å². The fraction of sp³-hybridized carbons (Fsp3) is 0.200. The average molecular weight is 586 g/mol. The monoisotopic (exact) mass is 585 g/mol. The molecule has 0 saturated carbocycles. The van der Waals surface area contributed by atoms with E-state index in [0.29, 0.717) is 16.8 Å². The minimum absolute atomic E-state index is 0.0151. The lowest BCUT2D eigenvalue weighted by Gasteiger charge is -2.34. The predicted octanol–water partition coefficient (Wildman–Crippen LogP) is 2.31.